The number of aromatic nitrogens is 1. The standard InChI is InChI=1S/C11H15N3O2/c1-7-8(6-12)9(2-4-15)14-10(3-5-16)11(7)13/h15-16H,2-5,13H2,1H3. The average molecular weight is 221 g/mol. The number of nitriles is 1. The van der Waals surface area contributed by atoms with Gasteiger partial charge in [-0.1, -0.05) is 0 Å². The molecule has 0 spiro atoms. The van der Waals surface area contributed by atoms with E-state index in [4.69, 9.17) is 21.2 Å². The fourth-order valence-corrected chi connectivity index (χ4v) is 1.58. The minimum absolute atomic E-state index is 0.0406. The average Bonchev–Trinajstić information content (AvgIpc) is 2.27. The predicted octanol–water partition coefficient (Wildman–Crippen LogP) is -0.0865. The van der Waals surface area contributed by atoms with Crippen LogP contribution in [0.1, 0.15) is 22.5 Å². The van der Waals surface area contributed by atoms with E-state index in [1.165, 1.54) is 0 Å². The lowest BCUT2D eigenvalue weighted by atomic mass is 10.0. The Labute approximate surface area is 94.2 Å². The molecule has 0 saturated heterocycles. The monoisotopic (exact) mass is 221 g/mol. The van der Waals surface area contributed by atoms with Crippen LogP contribution in [0.25, 0.3) is 0 Å². The van der Waals surface area contributed by atoms with Crippen molar-refractivity contribution < 1.29 is 10.2 Å². The van der Waals surface area contributed by atoms with Crippen molar-refractivity contribution in [2.45, 2.75) is 19.8 Å². The Hall–Kier alpha value is -1.64. The summed E-state index contributed by atoms with van der Waals surface area (Å²) in [6, 6.07) is 2.04. The minimum atomic E-state index is -0.0659. The zero-order chi connectivity index (χ0) is 12.1. The summed E-state index contributed by atoms with van der Waals surface area (Å²) >= 11 is 0. The topological polar surface area (TPSA) is 103 Å². The Balaban J connectivity index is 3.32. The lowest BCUT2D eigenvalue weighted by Gasteiger charge is -2.12. The van der Waals surface area contributed by atoms with E-state index in [9.17, 15) is 0 Å². The van der Waals surface area contributed by atoms with Gasteiger partial charge in [-0.3, -0.25) is 4.98 Å². The zero-order valence-corrected chi connectivity index (χ0v) is 9.19. The quantitative estimate of drug-likeness (QED) is 0.659. The third-order valence-electron chi connectivity index (χ3n) is 2.46. The molecule has 0 bridgehead atoms. The highest BCUT2D eigenvalue weighted by atomic mass is 16.3. The van der Waals surface area contributed by atoms with E-state index in [1.807, 2.05) is 6.07 Å². The molecular weight excluding hydrogens is 206 g/mol. The third kappa shape index (κ3) is 2.30. The molecule has 1 aromatic heterocycles. The second-order valence-corrected chi connectivity index (χ2v) is 3.48. The number of nitrogens with two attached hydrogens (primary N) is 1. The summed E-state index contributed by atoms with van der Waals surface area (Å²) in [5, 5.41) is 26.8. The largest absolute Gasteiger partial charge is 0.397 e. The highest BCUT2D eigenvalue weighted by molar-refractivity contribution is 5.58. The fourth-order valence-electron chi connectivity index (χ4n) is 1.58. The number of pyridine rings is 1. The molecule has 5 heteroatoms. The molecular formula is C11H15N3O2. The number of hydrogen-bond donors (Lipinski definition) is 3. The van der Waals surface area contributed by atoms with E-state index >= 15 is 0 Å². The van der Waals surface area contributed by atoms with Crippen LogP contribution in [0.4, 0.5) is 5.69 Å². The molecule has 86 valence electrons. The molecule has 0 radical (unpaired) electrons. The van der Waals surface area contributed by atoms with Gasteiger partial charge in [-0.05, 0) is 12.5 Å². The van der Waals surface area contributed by atoms with Crippen LogP contribution >= 0.6 is 0 Å². The molecule has 0 aliphatic heterocycles. The Morgan fingerprint density at radius 3 is 2.31 bits per heavy atom. The first-order valence-electron chi connectivity index (χ1n) is 5.05. The van der Waals surface area contributed by atoms with Gasteiger partial charge in [0.2, 0.25) is 0 Å². The van der Waals surface area contributed by atoms with E-state index in [1.54, 1.807) is 6.92 Å². The normalized spacial score (nSPS) is 10.1. The number of rotatable bonds is 4. The lowest BCUT2D eigenvalue weighted by molar-refractivity contribution is 0.295. The maximum absolute atomic E-state index is 8.99. The summed E-state index contributed by atoms with van der Waals surface area (Å²) in [7, 11) is 0. The van der Waals surface area contributed by atoms with Gasteiger partial charge in [0.25, 0.3) is 0 Å². The summed E-state index contributed by atoms with van der Waals surface area (Å²) in [6.07, 6.45) is 0.680. The number of nitrogens with zero attached hydrogens (tertiary/aromatic N) is 2. The van der Waals surface area contributed by atoms with Crippen LogP contribution in [0, 0.1) is 18.3 Å². The summed E-state index contributed by atoms with van der Waals surface area (Å²) < 4.78 is 0. The smallest absolute Gasteiger partial charge is 0.101 e. The van der Waals surface area contributed by atoms with Gasteiger partial charge in [0.05, 0.1) is 22.6 Å². The van der Waals surface area contributed by atoms with Gasteiger partial charge in [-0.25, -0.2) is 0 Å². The molecule has 0 unspecified atom stereocenters. The fraction of sp³-hybridized carbons (Fsp3) is 0.455. The molecule has 1 rings (SSSR count). The molecule has 0 aliphatic carbocycles. The Bertz CT molecular complexity index is 424. The van der Waals surface area contributed by atoms with Crippen LogP contribution in [0.2, 0.25) is 0 Å². The number of anilines is 1. The van der Waals surface area contributed by atoms with Gasteiger partial charge in [0.15, 0.2) is 0 Å². The van der Waals surface area contributed by atoms with Gasteiger partial charge >= 0.3 is 0 Å². The second-order valence-electron chi connectivity index (χ2n) is 3.48. The van der Waals surface area contributed by atoms with Crippen molar-refractivity contribution in [1.29, 1.82) is 5.26 Å². The molecule has 16 heavy (non-hydrogen) atoms. The van der Waals surface area contributed by atoms with Crippen molar-refractivity contribution >= 4 is 5.69 Å². The first-order valence-corrected chi connectivity index (χ1v) is 5.05. The van der Waals surface area contributed by atoms with Crippen molar-refractivity contribution in [1.82, 2.24) is 4.98 Å². The van der Waals surface area contributed by atoms with Gasteiger partial charge < -0.3 is 15.9 Å². The van der Waals surface area contributed by atoms with E-state index in [0.717, 1.165) is 0 Å². The summed E-state index contributed by atoms with van der Waals surface area (Å²) in [4.78, 5) is 4.22. The first-order chi connectivity index (χ1) is 7.65. The Morgan fingerprint density at radius 2 is 1.81 bits per heavy atom. The van der Waals surface area contributed by atoms with E-state index < -0.39 is 0 Å². The first kappa shape index (κ1) is 12.4. The minimum Gasteiger partial charge on any atom is -0.397 e. The van der Waals surface area contributed by atoms with E-state index in [-0.39, 0.29) is 13.2 Å². The second kappa shape index (κ2) is 5.45. The highest BCUT2D eigenvalue weighted by Crippen LogP contribution is 2.22. The third-order valence-corrected chi connectivity index (χ3v) is 2.46. The van der Waals surface area contributed by atoms with Gasteiger partial charge in [-0.2, -0.15) is 5.26 Å². The molecule has 1 aromatic rings. The highest BCUT2D eigenvalue weighted by Gasteiger charge is 2.14. The van der Waals surface area contributed by atoms with Crippen molar-refractivity contribution in [3.63, 3.8) is 0 Å². The molecule has 5 nitrogen and oxygen atoms in total. The molecule has 0 aliphatic rings. The van der Waals surface area contributed by atoms with Crippen LogP contribution in [0.3, 0.4) is 0 Å². The SMILES string of the molecule is Cc1c(N)c(CCO)nc(CCO)c1C#N. The Kier molecular flexibility index (Phi) is 4.23. The zero-order valence-electron chi connectivity index (χ0n) is 9.19. The van der Waals surface area contributed by atoms with Crippen LogP contribution in [-0.2, 0) is 12.8 Å². The van der Waals surface area contributed by atoms with Crippen molar-refractivity contribution in [2.24, 2.45) is 0 Å². The van der Waals surface area contributed by atoms with Crippen molar-refractivity contribution in [3.05, 3.63) is 22.5 Å². The maximum Gasteiger partial charge on any atom is 0.101 e. The van der Waals surface area contributed by atoms with Crippen LogP contribution in [0.15, 0.2) is 0 Å². The molecule has 1 heterocycles. The van der Waals surface area contributed by atoms with Crippen molar-refractivity contribution in [3.8, 4) is 6.07 Å². The molecule has 0 fully saturated rings. The maximum atomic E-state index is 8.99. The summed E-state index contributed by atoms with van der Waals surface area (Å²) in [5.74, 6) is 0. The van der Waals surface area contributed by atoms with Gasteiger partial charge in [0.1, 0.15) is 6.07 Å². The van der Waals surface area contributed by atoms with Crippen LogP contribution < -0.4 is 5.73 Å². The number of hydrogen-bond acceptors (Lipinski definition) is 5. The lowest BCUT2D eigenvalue weighted by Crippen LogP contribution is -2.10. The number of aliphatic hydroxyl groups is 2. The number of nitrogen functional groups attached to an aromatic ring is 1. The van der Waals surface area contributed by atoms with Crippen molar-refractivity contribution in [2.75, 3.05) is 18.9 Å². The molecule has 4 N–H and O–H groups in total. The summed E-state index contributed by atoms with van der Waals surface area (Å²) in [6.45, 7) is 1.64. The molecule has 0 atom stereocenters. The molecule has 0 saturated carbocycles. The van der Waals surface area contributed by atoms with E-state index in [0.29, 0.717) is 41.0 Å². The summed E-state index contributed by atoms with van der Waals surface area (Å²) in [5.41, 5.74) is 8.50. The van der Waals surface area contributed by atoms with E-state index in [2.05, 4.69) is 4.98 Å². The molecule has 0 aromatic carbocycles. The number of aliphatic hydroxyl groups excluding tert-OH is 2. The van der Waals surface area contributed by atoms with Crippen LogP contribution in [0.5, 0.6) is 0 Å². The predicted molar refractivity (Wildman–Crippen MR) is 59.7 cm³/mol. The van der Waals surface area contributed by atoms with Gasteiger partial charge in [0, 0.05) is 26.1 Å². The van der Waals surface area contributed by atoms with Gasteiger partial charge in [-0.15, -0.1) is 0 Å². The Morgan fingerprint density at radius 1 is 1.25 bits per heavy atom. The molecule has 0 amide bonds. The van der Waals surface area contributed by atoms with Crippen LogP contribution in [-0.4, -0.2) is 28.4 Å².